The summed E-state index contributed by atoms with van der Waals surface area (Å²) < 4.78 is 5.58. The van der Waals surface area contributed by atoms with E-state index in [0.717, 1.165) is 18.6 Å². The van der Waals surface area contributed by atoms with Gasteiger partial charge in [0.2, 0.25) is 0 Å². The Labute approximate surface area is 133 Å². The van der Waals surface area contributed by atoms with Gasteiger partial charge in [0.25, 0.3) is 0 Å². The molecule has 0 spiro atoms. The number of hydrogen-bond donors (Lipinski definition) is 0. The Hall–Kier alpha value is -1.39. The second-order valence-electron chi connectivity index (χ2n) is 5.50. The Kier molecular flexibility index (Phi) is 9.51. The molecule has 124 valence electrons. The Bertz CT molecular complexity index is 431. The average Bonchev–Trinajstić information content (AvgIpc) is 2.53. The number of carbonyl (C=O) groups is 1. The minimum atomic E-state index is -0.465. The minimum absolute atomic E-state index is 0.252. The van der Waals surface area contributed by atoms with Crippen LogP contribution in [0, 0.1) is 12.8 Å². The Morgan fingerprint density at radius 3 is 2.64 bits per heavy atom. The first-order valence-corrected chi connectivity index (χ1v) is 8.16. The molecule has 0 aliphatic heterocycles. The van der Waals surface area contributed by atoms with Crippen molar-refractivity contribution >= 4 is 5.97 Å². The predicted molar refractivity (Wildman–Crippen MR) is 86.7 cm³/mol. The molecule has 1 aromatic rings. The Balaban J connectivity index is 2.13. The van der Waals surface area contributed by atoms with E-state index in [9.17, 15) is 4.79 Å². The lowest BCUT2D eigenvalue weighted by molar-refractivity contribution is -0.247. The van der Waals surface area contributed by atoms with Crippen molar-refractivity contribution in [2.45, 2.75) is 46.5 Å². The molecule has 4 nitrogen and oxygen atoms in total. The van der Waals surface area contributed by atoms with Crippen molar-refractivity contribution in [1.82, 2.24) is 0 Å². The van der Waals surface area contributed by atoms with E-state index in [2.05, 4.69) is 13.8 Å². The molecule has 0 aromatic heterocycles. The molecule has 4 heteroatoms. The predicted octanol–water partition coefficient (Wildman–Crippen LogP) is 4.32. The lowest BCUT2D eigenvalue weighted by Gasteiger charge is -2.14. The lowest BCUT2D eigenvalue weighted by Crippen LogP contribution is -2.14. The summed E-state index contributed by atoms with van der Waals surface area (Å²) in [5.74, 6) is 0.141. The molecule has 0 aliphatic rings. The topological polar surface area (TPSA) is 44.8 Å². The van der Waals surface area contributed by atoms with E-state index in [1.807, 2.05) is 19.1 Å². The van der Waals surface area contributed by atoms with Crippen LogP contribution in [0.25, 0.3) is 0 Å². The summed E-state index contributed by atoms with van der Waals surface area (Å²) in [5, 5.41) is 0. The number of hydrogen-bond acceptors (Lipinski definition) is 4. The maximum atomic E-state index is 11.8. The van der Waals surface area contributed by atoms with Gasteiger partial charge in [-0.15, -0.1) is 0 Å². The smallest absolute Gasteiger partial charge is 0.373 e. The monoisotopic (exact) mass is 308 g/mol. The van der Waals surface area contributed by atoms with Crippen LogP contribution in [0.5, 0.6) is 0 Å². The van der Waals surface area contributed by atoms with Gasteiger partial charge in [0.1, 0.15) is 6.61 Å². The van der Waals surface area contributed by atoms with E-state index in [4.69, 9.17) is 14.5 Å². The van der Waals surface area contributed by atoms with Gasteiger partial charge in [-0.2, -0.15) is 4.89 Å². The van der Waals surface area contributed by atoms with E-state index in [1.165, 1.54) is 19.3 Å². The first-order chi connectivity index (χ1) is 10.7. The van der Waals surface area contributed by atoms with Gasteiger partial charge in [-0.05, 0) is 30.9 Å². The maximum Gasteiger partial charge on any atom is 0.373 e. The third kappa shape index (κ3) is 7.05. The van der Waals surface area contributed by atoms with Crippen molar-refractivity contribution in [3.63, 3.8) is 0 Å². The van der Waals surface area contributed by atoms with Crippen LogP contribution in [0.1, 0.15) is 55.5 Å². The Morgan fingerprint density at radius 1 is 1.18 bits per heavy atom. The molecule has 0 radical (unpaired) electrons. The zero-order valence-electron chi connectivity index (χ0n) is 14.0. The fourth-order valence-electron chi connectivity index (χ4n) is 2.18. The van der Waals surface area contributed by atoms with E-state index in [1.54, 1.807) is 12.1 Å². The summed E-state index contributed by atoms with van der Waals surface area (Å²) in [7, 11) is 0. The number of unbranched alkanes of at least 4 members (excludes halogenated alkanes) is 1. The van der Waals surface area contributed by atoms with Crippen molar-refractivity contribution in [3.8, 4) is 0 Å². The number of rotatable bonds is 11. The zero-order valence-corrected chi connectivity index (χ0v) is 14.0. The summed E-state index contributed by atoms with van der Waals surface area (Å²) in [6, 6.07) is 7.26. The molecule has 1 rings (SSSR count). The molecule has 0 heterocycles. The quantitative estimate of drug-likeness (QED) is 0.347. The molecule has 0 aliphatic carbocycles. The second kappa shape index (κ2) is 11.2. The first-order valence-electron chi connectivity index (χ1n) is 8.16. The van der Waals surface area contributed by atoms with Gasteiger partial charge >= 0.3 is 5.97 Å². The van der Waals surface area contributed by atoms with Crippen LogP contribution in [0.15, 0.2) is 24.3 Å². The normalized spacial score (nSPS) is 12.1. The molecule has 0 bridgehead atoms. The first kappa shape index (κ1) is 18.7. The fourth-order valence-corrected chi connectivity index (χ4v) is 2.18. The van der Waals surface area contributed by atoms with Gasteiger partial charge in [0.05, 0.1) is 12.2 Å². The van der Waals surface area contributed by atoms with Crippen LogP contribution in [0.2, 0.25) is 0 Å². The third-order valence-corrected chi connectivity index (χ3v) is 3.71. The molecule has 0 N–H and O–H groups in total. The van der Waals surface area contributed by atoms with Gasteiger partial charge in [-0.3, -0.25) is 4.89 Å². The number of aryl methyl sites for hydroxylation is 1. The van der Waals surface area contributed by atoms with Gasteiger partial charge < -0.3 is 4.74 Å². The lowest BCUT2D eigenvalue weighted by atomic mass is 10.0. The molecule has 22 heavy (non-hydrogen) atoms. The number of ether oxygens (including phenoxy) is 1. The van der Waals surface area contributed by atoms with Crippen LogP contribution in [0.4, 0.5) is 0 Å². The second-order valence-corrected chi connectivity index (χ2v) is 5.50. The Morgan fingerprint density at radius 2 is 1.95 bits per heavy atom. The van der Waals surface area contributed by atoms with Gasteiger partial charge in [-0.1, -0.05) is 51.3 Å². The van der Waals surface area contributed by atoms with Crippen molar-refractivity contribution in [3.05, 3.63) is 35.4 Å². The van der Waals surface area contributed by atoms with Crippen LogP contribution < -0.4 is 0 Å². The van der Waals surface area contributed by atoms with Crippen LogP contribution >= 0.6 is 0 Å². The van der Waals surface area contributed by atoms with Gasteiger partial charge in [0, 0.05) is 6.61 Å². The van der Waals surface area contributed by atoms with E-state index in [0.29, 0.717) is 18.1 Å². The molecule has 1 atom stereocenters. The van der Waals surface area contributed by atoms with Crippen LogP contribution in [-0.2, 0) is 14.5 Å². The molecular weight excluding hydrogens is 280 g/mol. The number of benzene rings is 1. The van der Waals surface area contributed by atoms with Crippen LogP contribution in [0.3, 0.4) is 0 Å². The molecule has 0 fully saturated rings. The summed E-state index contributed by atoms with van der Waals surface area (Å²) in [6.07, 6.45) is 4.79. The van der Waals surface area contributed by atoms with E-state index >= 15 is 0 Å². The van der Waals surface area contributed by atoms with Gasteiger partial charge in [-0.25, -0.2) is 4.79 Å². The van der Waals surface area contributed by atoms with E-state index < -0.39 is 5.97 Å². The SMILES string of the molecule is CCCCC(CC)COCCOOC(=O)c1ccccc1C. The largest absolute Gasteiger partial charge is 0.379 e. The average molecular weight is 308 g/mol. The summed E-state index contributed by atoms with van der Waals surface area (Å²) in [6.45, 7) is 7.67. The summed E-state index contributed by atoms with van der Waals surface area (Å²) >= 11 is 0. The number of carbonyl (C=O) groups excluding carboxylic acids is 1. The third-order valence-electron chi connectivity index (χ3n) is 3.71. The minimum Gasteiger partial charge on any atom is -0.379 e. The molecule has 1 unspecified atom stereocenters. The van der Waals surface area contributed by atoms with Gasteiger partial charge in [0.15, 0.2) is 0 Å². The van der Waals surface area contributed by atoms with E-state index in [-0.39, 0.29) is 6.61 Å². The standard InChI is InChI=1S/C18H28O4/c1-4-6-10-16(5-2)14-20-12-13-21-22-18(19)17-11-8-7-9-15(17)3/h7-9,11,16H,4-6,10,12-14H2,1-3H3. The molecular formula is C18H28O4. The highest BCUT2D eigenvalue weighted by Crippen LogP contribution is 2.12. The van der Waals surface area contributed by atoms with Crippen molar-refractivity contribution < 1.29 is 19.3 Å². The summed E-state index contributed by atoms with van der Waals surface area (Å²) in [4.78, 5) is 21.5. The molecule has 0 saturated heterocycles. The highest BCUT2D eigenvalue weighted by molar-refractivity contribution is 5.90. The highest BCUT2D eigenvalue weighted by Gasteiger charge is 2.11. The molecule has 0 saturated carbocycles. The zero-order chi connectivity index (χ0) is 16.2. The highest BCUT2D eigenvalue weighted by atomic mass is 17.2. The van der Waals surface area contributed by atoms with Crippen molar-refractivity contribution in [2.75, 3.05) is 19.8 Å². The van der Waals surface area contributed by atoms with Crippen molar-refractivity contribution in [1.29, 1.82) is 0 Å². The summed E-state index contributed by atoms with van der Waals surface area (Å²) in [5.41, 5.74) is 1.39. The van der Waals surface area contributed by atoms with Crippen LogP contribution in [-0.4, -0.2) is 25.8 Å². The maximum absolute atomic E-state index is 11.8. The molecule has 0 amide bonds. The van der Waals surface area contributed by atoms with Crippen molar-refractivity contribution in [2.24, 2.45) is 5.92 Å². The molecule has 1 aromatic carbocycles. The fraction of sp³-hybridized carbons (Fsp3) is 0.611.